The summed E-state index contributed by atoms with van der Waals surface area (Å²) in [5.74, 6) is 0.658. The highest BCUT2D eigenvalue weighted by Crippen LogP contribution is 2.20. The van der Waals surface area contributed by atoms with E-state index in [9.17, 15) is 9.59 Å². The third kappa shape index (κ3) is 8.07. The molecule has 2 amide bonds. The van der Waals surface area contributed by atoms with Crippen LogP contribution in [-0.4, -0.2) is 73.0 Å². The molecule has 3 rings (SSSR count). The van der Waals surface area contributed by atoms with Gasteiger partial charge in [0.2, 0.25) is 5.91 Å². The van der Waals surface area contributed by atoms with Crippen molar-refractivity contribution in [2.45, 2.75) is 70.9 Å². The molecular weight excluding hydrogens is 563 g/mol. The number of carbonyl (C=O) groups is 2. The summed E-state index contributed by atoms with van der Waals surface area (Å²) in [6, 6.07) is 5.19. The number of halogens is 2. The molecular formula is C26H40ClIN4O2. The molecule has 2 aliphatic heterocycles. The normalized spacial score (nSPS) is 22.1. The minimum Gasteiger partial charge on any atom is -0.350 e. The Kier molecular flexibility index (Phi) is 11.4. The number of hydrogen-bond acceptors (Lipinski definition) is 4. The van der Waals surface area contributed by atoms with Gasteiger partial charge in [0.05, 0.1) is 11.1 Å². The lowest BCUT2D eigenvalue weighted by molar-refractivity contribution is -0.133. The van der Waals surface area contributed by atoms with Gasteiger partial charge < -0.3 is 20.4 Å². The van der Waals surface area contributed by atoms with Crippen LogP contribution in [0.2, 0.25) is 5.02 Å². The summed E-state index contributed by atoms with van der Waals surface area (Å²) < 4.78 is 0.861. The second-order valence-electron chi connectivity index (χ2n) is 9.70. The summed E-state index contributed by atoms with van der Waals surface area (Å²) in [5.41, 5.74) is 0.607. The molecule has 0 radical (unpaired) electrons. The molecule has 190 valence electrons. The van der Waals surface area contributed by atoms with Gasteiger partial charge in [0.25, 0.3) is 5.91 Å². The Hall–Kier alpha value is -0.900. The van der Waals surface area contributed by atoms with Crippen molar-refractivity contribution in [2.75, 3.05) is 39.3 Å². The standard InChI is InChI=1S/C26H40ClIN4O2/c1-3-19(4-2)18-32-15-10-21(17-29-25(33)20-8-9-22(27)23(28)16-20)30-24(26(32)34)11-14-31-12-6-5-7-13-31/h8-9,16,19,21,24,30H,3-7,10-15,17-18H2,1-2H3,(H,29,33)/t21-,24-/m0/s1. The predicted octanol–water partition coefficient (Wildman–Crippen LogP) is 4.55. The molecule has 2 fully saturated rings. The molecule has 2 heterocycles. The van der Waals surface area contributed by atoms with E-state index in [1.165, 1.54) is 19.3 Å². The topological polar surface area (TPSA) is 64.7 Å². The highest BCUT2D eigenvalue weighted by Gasteiger charge is 2.32. The van der Waals surface area contributed by atoms with Crippen LogP contribution in [-0.2, 0) is 4.79 Å². The van der Waals surface area contributed by atoms with Crippen molar-refractivity contribution < 1.29 is 9.59 Å². The van der Waals surface area contributed by atoms with Gasteiger partial charge in [-0.2, -0.15) is 0 Å². The molecule has 0 aromatic heterocycles. The van der Waals surface area contributed by atoms with Crippen molar-refractivity contribution in [2.24, 2.45) is 5.92 Å². The van der Waals surface area contributed by atoms with E-state index in [2.05, 4.69) is 56.9 Å². The number of amides is 2. The zero-order valence-electron chi connectivity index (χ0n) is 20.6. The first-order chi connectivity index (χ1) is 16.4. The second kappa shape index (κ2) is 14.0. The second-order valence-corrected chi connectivity index (χ2v) is 11.3. The molecule has 2 N–H and O–H groups in total. The summed E-state index contributed by atoms with van der Waals surface area (Å²) in [7, 11) is 0. The summed E-state index contributed by atoms with van der Waals surface area (Å²) in [6.45, 7) is 9.71. The van der Waals surface area contributed by atoms with Crippen LogP contribution < -0.4 is 10.6 Å². The molecule has 2 saturated heterocycles. The molecule has 0 bridgehead atoms. The highest BCUT2D eigenvalue weighted by molar-refractivity contribution is 14.1. The lowest BCUT2D eigenvalue weighted by Gasteiger charge is -2.30. The van der Waals surface area contributed by atoms with Gasteiger partial charge in [-0.15, -0.1) is 0 Å². The number of piperidine rings is 1. The van der Waals surface area contributed by atoms with E-state index >= 15 is 0 Å². The largest absolute Gasteiger partial charge is 0.350 e. The molecule has 2 aliphatic rings. The van der Waals surface area contributed by atoms with Gasteiger partial charge in [0, 0.05) is 41.4 Å². The van der Waals surface area contributed by atoms with Gasteiger partial charge in [-0.05, 0) is 85.5 Å². The molecule has 0 saturated carbocycles. The highest BCUT2D eigenvalue weighted by atomic mass is 127. The lowest BCUT2D eigenvalue weighted by atomic mass is 10.0. The summed E-state index contributed by atoms with van der Waals surface area (Å²) in [4.78, 5) is 30.8. The summed E-state index contributed by atoms with van der Waals surface area (Å²) >= 11 is 8.24. The molecule has 1 aromatic carbocycles. The van der Waals surface area contributed by atoms with Crippen molar-refractivity contribution >= 4 is 46.0 Å². The van der Waals surface area contributed by atoms with Gasteiger partial charge in [-0.1, -0.05) is 44.7 Å². The van der Waals surface area contributed by atoms with Crippen LogP contribution in [0.5, 0.6) is 0 Å². The van der Waals surface area contributed by atoms with Crippen LogP contribution in [0.15, 0.2) is 18.2 Å². The van der Waals surface area contributed by atoms with E-state index in [-0.39, 0.29) is 23.9 Å². The molecule has 8 heteroatoms. The first kappa shape index (κ1) is 27.7. The molecule has 6 nitrogen and oxygen atoms in total. The fraction of sp³-hybridized carbons (Fsp3) is 0.692. The first-order valence-corrected chi connectivity index (χ1v) is 14.4. The minimum atomic E-state index is -0.197. The monoisotopic (exact) mass is 602 g/mol. The maximum atomic E-state index is 13.5. The Morgan fingerprint density at radius 2 is 1.94 bits per heavy atom. The number of rotatable bonds is 10. The fourth-order valence-electron chi connectivity index (χ4n) is 4.94. The zero-order chi connectivity index (χ0) is 24.5. The van der Waals surface area contributed by atoms with Crippen molar-refractivity contribution in [3.05, 3.63) is 32.4 Å². The van der Waals surface area contributed by atoms with Gasteiger partial charge in [0.15, 0.2) is 0 Å². The number of likely N-dealkylation sites (tertiary alicyclic amines) is 1. The Balaban J connectivity index is 1.63. The van der Waals surface area contributed by atoms with Crippen LogP contribution in [0, 0.1) is 9.49 Å². The number of hydrogen-bond donors (Lipinski definition) is 2. The average molecular weight is 603 g/mol. The van der Waals surface area contributed by atoms with Crippen molar-refractivity contribution in [3.63, 3.8) is 0 Å². The van der Waals surface area contributed by atoms with E-state index in [1.807, 2.05) is 0 Å². The summed E-state index contributed by atoms with van der Waals surface area (Å²) in [5, 5.41) is 7.34. The molecule has 1 aromatic rings. The molecule has 2 atom stereocenters. The van der Waals surface area contributed by atoms with Crippen molar-refractivity contribution in [1.29, 1.82) is 0 Å². The number of nitrogens with zero attached hydrogens (tertiary/aromatic N) is 2. The van der Waals surface area contributed by atoms with E-state index in [0.29, 0.717) is 23.0 Å². The maximum absolute atomic E-state index is 13.5. The Bertz CT molecular complexity index is 814. The van der Waals surface area contributed by atoms with Gasteiger partial charge in [0.1, 0.15) is 0 Å². The smallest absolute Gasteiger partial charge is 0.251 e. The molecule has 0 unspecified atom stereocenters. The van der Waals surface area contributed by atoms with E-state index in [1.54, 1.807) is 18.2 Å². The predicted molar refractivity (Wildman–Crippen MR) is 147 cm³/mol. The van der Waals surface area contributed by atoms with E-state index in [0.717, 1.165) is 62.0 Å². The Labute approximate surface area is 223 Å². The Morgan fingerprint density at radius 3 is 2.62 bits per heavy atom. The van der Waals surface area contributed by atoms with Crippen LogP contribution >= 0.6 is 34.2 Å². The van der Waals surface area contributed by atoms with Crippen molar-refractivity contribution in [1.82, 2.24) is 20.4 Å². The SMILES string of the molecule is CCC(CC)CN1CC[C@@H](CNC(=O)c2ccc(Cl)c(I)c2)N[C@@H](CCN2CCCCC2)C1=O. The van der Waals surface area contributed by atoms with Crippen LogP contribution in [0.1, 0.15) is 69.2 Å². The van der Waals surface area contributed by atoms with E-state index < -0.39 is 0 Å². The average Bonchev–Trinajstić information content (AvgIpc) is 3.00. The van der Waals surface area contributed by atoms with Crippen molar-refractivity contribution in [3.8, 4) is 0 Å². The third-order valence-corrected chi connectivity index (χ3v) is 8.84. The van der Waals surface area contributed by atoms with Gasteiger partial charge in [-0.25, -0.2) is 0 Å². The lowest BCUT2D eigenvalue weighted by Crippen LogP contribution is -2.50. The zero-order valence-corrected chi connectivity index (χ0v) is 23.5. The van der Waals surface area contributed by atoms with Gasteiger partial charge in [-0.3, -0.25) is 9.59 Å². The minimum absolute atomic E-state index is 0.0670. The van der Waals surface area contributed by atoms with Gasteiger partial charge >= 0.3 is 0 Å². The number of nitrogens with one attached hydrogen (secondary N) is 2. The van der Waals surface area contributed by atoms with Crippen LogP contribution in [0.3, 0.4) is 0 Å². The molecule has 34 heavy (non-hydrogen) atoms. The number of benzene rings is 1. The van der Waals surface area contributed by atoms with Crippen LogP contribution in [0.4, 0.5) is 0 Å². The van der Waals surface area contributed by atoms with E-state index in [4.69, 9.17) is 11.6 Å². The quantitative estimate of drug-likeness (QED) is 0.386. The number of carbonyl (C=O) groups excluding carboxylic acids is 2. The summed E-state index contributed by atoms with van der Waals surface area (Å²) in [6.07, 6.45) is 7.66. The van der Waals surface area contributed by atoms with Crippen LogP contribution in [0.25, 0.3) is 0 Å². The first-order valence-electron chi connectivity index (χ1n) is 12.9. The Morgan fingerprint density at radius 1 is 1.21 bits per heavy atom. The molecule has 0 spiro atoms. The fourth-order valence-corrected chi connectivity index (χ4v) is 5.57. The molecule has 0 aliphatic carbocycles. The third-order valence-electron chi connectivity index (χ3n) is 7.30. The maximum Gasteiger partial charge on any atom is 0.251 e.